The number of rotatable bonds is 8. The van der Waals surface area contributed by atoms with E-state index in [1.165, 1.54) is 11.3 Å². The summed E-state index contributed by atoms with van der Waals surface area (Å²) in [6, 6.07) is 10.7. The Morgan fingerprint density at radius 1 is 1.15 bits per heavy atom. The van der Waals surface area contributed by atoms with Crippen LogP contribution in [0.5, 0.6) is 0 Å². The van der Waals surface area contributed by atoms with E-state index in [0.29, 0.717) is 33.4 Å². The standard InChI is InChI=1S/C23H26ClN5O3S2/c1-14-20(33-22(27-14)28-19(31)13-25-18(30)11-23(2,3)4)15-10-17(21(24)26-12-15)29-34(32)16-8-6-5-7-9-16/h5-10,12,29H,11,13H2,1-4H3,(H,25,30)(H,27,28,31). The van der Waals surface area contributed by atoms with E-state index in [1.807, 2.05) is 33.8 Å². The molecule has 0 radical (unpaired) electrons. The van der Waals surface area contributed by atoms with Crippen molar-refractivity contribution in [3.8, 4) is 10.4 Å². The number of hydrogen-bond acceptors (Lipinski definition) is 6. The van der Waals surface area contributed by atoms with Crippen molar-refractivity contribution in [3.05, 3.63) is 53.4 Å². The largest absolute Gasteiger partial charge is 0.347 e. The van der Waals surface area contributed by atoms with Gasteiger partial charge in [0.15, 0.2) is 10.3 Å². The molecule has 34 heavy (non-hydrogen) atoms. The molecule has 3 aromatic rings. The summed E-state index contributed by atoms with van der Waals surface area (Å²) in [5.41, 5.74) is 1.67. The van der Waals surface area contributed by atoms with Gasteiger partial charge in [0.25, 0.3) is 0 Å². The van der Waals surface area contributed by atoms with Gasteiger partial charge in [0.1, 0.15) is 11.0 Å². The summed E-state index contributed by atoms with van der Waals surface area (Å²) in [6.07, 6.45) is 1.92. The van der Waals surface area contributed by atoms with Crippen molar-refractivity contribution in [3.63, 3.8) is 0 Å². The van der Waals surface area contributed by atoms with Gasteiger partial charge in [0, 0.05) is 18.2 Å². The van der Waals surface area contributed by atoms with Crippen molar-refractivity contribution in [1.29, 1.82) is 0 Å². The van der Waals surface area contributed by atoms with E-state index < -0.39 is 11.0 Å². The molecule has 0 aliphatic heterocycles. The first-order chi connectivity index (χ1) is 16.0. The molecule has 1 unspecified atom stereocenters. The quantitative estimate of drug-likeness (QED) is 0.370. The average molecular weight is 520 g/mol. The SMILES string of the molecule is Cc1nc(NC(=O)CNC(=O)CC(C)(C)C)sc1-c1cnc(Cl)c(NS(=O)c2ccccc2)c1. The molecular formula is C23H26ClN5O3S2. The second kappa shape index (κ2) is 11.1. The van der Waals surface area contributed by atoms with Crippen molar-refractivity contribution in [2.75, 3.05) is 16.6 Å². The zero-order valence-electron chi connectivity index (χ0n) is 19.3. The highest BCUT2D eigenvalue weighted by Gasteiger charge is 2.18. The Hall–Kier alpha value is -2.82. The van der Waals surface area contributed by atoms with Crippen LogP contribution in [-0.4, -0.2) is 32.5 Å². The third-order valence-electron chi connectivity index (χ3n) is 4.44. The molecular weight excluding hydrogens is 494 g/mol. The number of halogens is 1. The maximum atomic E-state index is 12.6. The number of anilines is 2. The van der Waals surface area contributed by atoms with Gasteiger partial charge in [0.2, 0.25) is 11.8 Å². The first-order valence-electron chi connectivity index (χ1n) is 10.5. The molecule has 11 heteroatoms. The predicted octanol–water partition coefficient (Wildman–Crippen LogP) is 4.79. The summed E-state index contributed by atoms with van der Waals surface area (Å²) >= 11 is 7.49. The molecule has 180 valence electrons. The van der Waals surface area contributed by atoms with Crippen LogP contribution in [0, 0.1) is 12.3 Å². The monoisotopic (exact) mass is 519 g/mol. The van der Waals surface area contributed by atoms with Crippen LogP contribution in [0.25, 0.3) is 10.4 Å². The minimum atomic E-state index is -1.51. The molecule has 0 saturated carbocycles. The number of amides is 2. The van der Waals surface area contributed by atoms with Crippen molar-refractivity contribution in [2.24, 2.45) is 5.41 Å². The highest BCUT2D eigenvalue weighted by molar-refractivity contribution is 7.86. The van der Waals surface area contributed by atoms with E-state index in [4.69, 9.17) is 11.6 Å². The summed E-state index contributed by atoms with van der Waals surface area (Å²) in [5, 5.41) is 5.93. The summed E-state index contributed by atoms with van der Waals surface area (Å²) in [6.45, 7) is 7.55. The van der Waals surface area contributed by atoms with Gasteiger partial charge in [0.05, 0.1) is 27.7 Å². The third-order valence-corrected chi connectivity index (χ3v) is 6.97. The maximum absolute atomic E-state index is 12.6. The van der Waals surface area contributed by atoms with Crippen LogP contribution in [-0.2, 0) is 20.6 Å². The van der Waals surface area contributed by atoms with Crippen LogP contribution >= 0.6 is 22.9 Å². The van der Waals surface area contributed by atoms with E-state index in [0.717, 1.165) is 4.88 Å². The van der Waals surface area contributed by atoms with Crippen LogP contribution in [0.1, 0.15) is 32.9 Å². The smallest absolute Gasteiger partial charge is 0.245 e. The van der Waals surface area contributed by atoms with E-state index in [2.05, 4.69) is 25.3 Å². The summed E-state index contributed by atoms with van der Waals surface area (Å²) in [7, 11) is -1.51. The first-order valence-corrected chi connectivity index (χ1v) is 12.8. The lowest BCUT2D eigenvalue weighted by Crippen LogP contribution is -2.34. The van der Waals surface area contributed by atoms with Crippen molar-refractivity contribution in [2.45, 2.75) is 39.0 Å². The number of hydrogen-bond donors (Lipinski definition) is 3. The van der Waals surface area contributed by atoms with Gasteiger partial charge >= 0.3 is 0 Å². The molecule has 0 saturated heterocycles. The normalized spacial score (nSPS) is 12.1. The molecule has 0 bridgehead atoms. The fourth-order valence-corrected chi connectivity index (χ4v) is 5.00. The highest BCUT2D eigenvalue weighted by atomic mass is 35.5. The van der Waals surface area contributed by atoms with Crippen molar-refractivity contribution < 1.29 is 13.8 Å². The van der Waals surface area contributed by atoms with Crippen LogP contribution < -0.4 is 15.4 Å². The number of carbonyl (C=O) groups excluding carboxylic acids is 2. The van der Waals surface area contributed by atoms with E-state index >= 15 is 0 Å². The Balaban J connectivity index is 1.68. The maximum Gasteiger partial charge on any atom is 0.245 e. The number of aryl methyl sites for hydroxylation is 1. The molecule has 0 aliphatic carbocycles. The number of carbonyl (C=O) groups is 2. The third kappa shape index (κ3) is 7.34. The van der Waals surface area contributed by atoms with Gasteiger partial charge in [-0.15, -0.1) is 0 Å². The van der Waals surface area contributed by atoms with Gasteiger partial charge in [-0.05, 0) is 30.5 Å². The van der Waals surface area contributed by atoms with Crippen molar-refractivity contribution in [1.82, 2.24) is 15.3 Å². The van der Waals surface area contributed by atoms with Gasteiger partial charge in [-0.3, -0.25) is 14.3 Å². The number of nitrogens with zero attached hydrogens (tertiary/aromatic N) is 2. The van der Waals surface area contributed by atoms with E-state index in [-0.39, 0.29) is 28.9 Å². The van der Waals surface area contributed by atoms with Gasteiger partial charge in [-0.25, -0.2) is 14.2 Å². The second-order valence-corrected chi connectivity index (χ2v) is 11.3. The molecule has 2 heterocycles. The van der Waals surface area contributed by atoms with Gasteiger partial charge in [-0.1, -0.05) is 61.9 Å². The number of nitrogens with one attached hydrogen (secondary N) is 3. The Morgan fingerprint density at radius 3 is 2.53 bits per heavy atom. The Bertz CT molecular complexity index is 1210. The summed E-state index contributed by atoms with van der Waals surface area (Å²) in [4.78, 5) is 34.2. The topological polar surface area (TPSA) is 113 Å². The Labute approximate surface area is 210 Å². The Morgan fingerprint density at radius 2 is 1.85 bits per heavy atom. The van der Waals surface area contributed by atoms with Gasteiger partial charge < -0.3 is 10.6 Å². The van der Waals surface area contributed by atoms with E-state index in [9.17, 15) is 13.8 Å². The van der Waals surface area contributed by atoms with Crippen LogP contribution in [0.3, 0.4) is 0 Å². The van der Waals surface area contributed by atoms with Gasteiger partial charge in [-0.2, -0.15) is 0 Å². The molecule has 3 rings (SSSR count). The lowest BCUT2D eigenvalue weighted by atomic mass is 9.92. The fourth-order valence-electron chi connectivity index (χ4n) is 2.95. The lowest BCUT2D eigenvalue weighted by molar-refractivity contribution is -0.125. The molecule has 8 nitrogen and oxygen atoms in total. The zero-order valence-corrected chi connectivity index (χ0v) is 21.7. The number of thiazole rings is 1. The predicted molar refractivity (Wildman–Crippen MR) is 137 cm³/mol. The highest BCUT2D eigenvalue weighted by Crippen LogP contribution is 2.35. The van der Waals surface area contributed by atoms with Crippen LogP contribution in [0.15, 0.2) is 47.5 Å². The molecule has 0 aliphatic rings. The molecule has 0 fully saturated rings. The number of aromatic nitrogens is 2. The molecule has 1 aromatic carbocycles. The van der Waals surface area contributed by atoms with Crippen molar-refractivity contribution >= 4 is 56.6 Å². The second-order valence-electron chi connectivity index (χ2n) is 8.74. The first kappa shape index (κ1) is 25.8. The molecule has 0 spiro atoms. The minimum Gasteiger partial charge on any atom is -0.347 e. The van der Waals surface area contributed by atoms with E-state index in [1.54, 1.807) is 36.5 Å². The van der Waals surface area contributed by atoms with Crippen LogP contribution in [0.4, 0.5) is 10.8 Å². The minimum absolute atomic E-state index is 0.134. The zero-order chi connectivity index (χ0) is 24.9. The number of benzene rings is 1. The summed E-state index contributed by atoms with van der Waals surface area (Å²) < 4.78 is 15.5. The lowest BCUT2D eigenvalue weighted by Gasteiger charge is -2.16. The Kier molecular flexibility index (Phi) is 8.40. The molecule has 2 amide bonds. The summed E-state index contributed by atoms with van der Waals surface area (Å²) in [5.74, 6) is -0.545. The molecule has 1 atom stereocenters. The average Bonchev–Trinajstić information content (AvgIpc) is 3.13. The van der Waals surface area contributed by atoms with Crippen LogP contribution in [0.2, 0.25) is 5.15 Å². The molecule has 2 aromatic heterocycles. The molecule has 3 N–H and O–H groups in total. The fraction of sp³-hybridized carbons (Fsp3) is 0.304. The number of pyridine rings is 1.